The maximum atomic E-state index is 13.4. The minimum atomic E-state index is -4.39. The smallest absolute Gasteiger partial charge is 0.166 e. The summed E-state index contributed by atoms with van der Waals surface area (Å²) in [5.41, 5.74) is 6.60. The lowest BCUT2D eigenvalue weighted by Gasteiger charge is -2.19. The molecule has 0 amide bonds. The van der Waals surface area contributed by atoms with Gasteiger partial charge in [-0.2, -0.15) is 13.2 Å². The molecule has 7 aromatic carbocycles. The number of alkyl halides is 3. The average Bonchev–Trinajstić information content (AvgIpc) is 2.99. The van der Waals surface area contributed by atoms with Crippen molar-refractivity contribution in [3.05, 3.63) is 145 Å². The van der Waals surface area contributed by atoms with Crippen molar-refractivity contribution in [1.29, 1.82) is 0 Å². The normalized spacial score (nSPS) is 11.9. The molecule has 0 saturated heterocycles. The van der Waals surface area contributed by atoms with Gasteiger partial charge < -0.3 is 0 Å². The molecular formula is C38H25F3. The van der Waals surface area contributed by atoms with E-state index in [1.807, 2.05) is 24.3 Å². The standard InChI is InChI=1S/C38H25F3/c1-24-10-12-26(13-11-24)29-18-21-34-35(23-29)36(27-16-19-31(20-17-27)38(39,40)41)32-8-4-5-9-33(32)37(34)30-15-14-25-6-2-3-7-28(25)22-30/h2-23H,1H3. The van der Waals surface area contributed by atoms with E-state index in [-0.39, 0.29) is 0 Å². The van der Waals surface area contributed by atoms with Gasteiger partial charge in [0.15, 0.2) is 0 Å². The van der Waals surface area contributed by atoms with Gasteiger partial charge in [-0.25, -0.2) is 0 Å². The molecule has 0 heterocycles. The molecule has 0 N–H and O–H groups in total. The number of aryl methyl sites for hydroxylation is 1. The molecule has 0 radical (unpaired) electrons. The van der Waals surface area contributed by atoms with Gasteiger partial charge in [-0.05, 0) is 96.9 Å². The number of fused-ring (bicyclic) bond motifs is 3. The van der Waals surface area contributed by atoms with Gasteiger partial charge in [-0.1, -0.05) is 115 Å². The minimum absolute atomic E-state index is 0.650. The molecule has 0 nitrogen and oxygen atoms in total. The lowest BCUT2D eigenvalue weighted by Crippen LogP contribution is -2.04. The Kier molecular flexibility index (Phi) is 5.90. The van der Waals surface area contributed by atoms with E-state index in [0.29, 0.717) is 0 Å². The molecule has 0 fully saturated rings. The van der Waals surface area contributed by atoms with Crippen LogP contribution in [0.4, 0.5) is 13.2 Å². The van der Waals surface area contributed by atoms with Crippen LogP contribution in [-0.2, 0) is 6.18 Å². The predicted octanol–water partition coefficient (Wildman–Crippen LogP) is 11.5. The van der Waals surface area contributed by atoms with E-state index in [0.717, 1.165) is 60.3 Å². The number of rotatable bonds is 3. The SMILES string of the molecule is Cc1ccc(-c2ccc3c(-c4ccc5ccccc5c4)c4ccccc4c(-c4ccc(C(F)(F)F)cc4)c3c2)cc1. The number of halogens is 3. The highest BCUT2D eigenvalue weighted by atomic mass is 19.4. The van der Waals surface area contributed by atoms with Crippen molar-refractivity contribution < 1.29 is 13.2 Å². The van der Waals surface area contributed by atoms with Crippen molar-refractivity contribution in [2.45, 2.75) is 13.1 Å². The second kappa shape index (κ2) is 9.64. The summed E-state index contributed by atoms with van der Waals surface area (Å²) in [5, 5.41) is 6.46. The van der Waals surface area contributed by atoms with Crippen LogP contribution in [0.2, 0.25) is 0 Å². The summed E-state index contributed by atoms with van der Waals surface area (Å²) in [5.74, 6) is 0. The molecule has 0 unspecified atom stereocenters. The van der Waals surface area contributed by atoms with E-state index in [1.54, 1.807) is 12.1 Å². The maximum Gasteiger partial charge on any atom is 0.416 e. The zero-order chi connectivity index (χ0) is 28.1. The highest BCUT2D eigenvalue weighted by Crippen LogP contribution is 2.45. The van der Waals surface area contributed by atoms with Crippen molar-refractivity contribution in [3.63, 3.8) is 0 Å². The predicted molar refractivity (Wildman–Crippen MR) is 165 cm³/mol. The Morgan fingerprint density at radius 1 is 0.415 bits per heavy atom. The summed E-state index contributed by atoms with van der Waals surface area (Å²) in [6, 6.07) is 43.5. The summed E-state index contributed by atoms with van der Waals surface area (Å²) in [6.07, 6.45) is -4.39. The van der Waals surface area contributed by atoms with Crippen molar-refractivity contribution in [2.75, 3.05) is 0 Å². The molecule has 0 aromatic heterocycles. The Morgan fingerprint density at radius 2 is 0.951 bits per heavy atom. The topological polar surface area (TPSA) is 0 Å². The lowest BCUT2D eigenvalue weighted by atomic mass is 9.84. The number of hydrogen-bond donors (Lipinski definition) is 0. The van der Waals surface area contributed by atoms with Crippen LogP contribution in [0.5, 0.6) is 0 Å². The Hall–Kier alpha value is -4.89. The fourth-order valence-electron chi connectivity index (χ4n) is 5.90. The molecule has 0 saturated carbocycles. The molecule has 0 atom stereocenters. The van der Waals surface area contributed by atoms with Crippen LogP contribution in [0.1, 0.15) is 11.1 Å². The largest absolute Gasteiger partial charge is 0.416 e. The van der Waals surface area contributed by atoms with Crippen LogP contribution >= 0.6 is 0 Å². The van der Waals surface area contributed by atoms with Crippen molar-refractivity contribution >= 4 is 32.3 Å². The van der Waals surface area contributed by atoms with Crippen LogP contribution in [-0.4, -0.2) is 0 Å². The number of hydrogen-bond acceptors (Lipinski definition) is 0. The Labute approximate surface area is 236 Å². The highest BCUT2D eigenvalue weighted by Gasteiger charge is 2.30. The van der Waals surface area contributed by atoms with Gasteiger partial charge in [0.1, 0.15) is 0 Å². The molecule has 0 bridgehead atoms. The van der Waals surface area contributed by atoms with E-state index >= 15 is 0 Å². The lowest BCUT2D eigenvalue weighted by molar-refractivity contribution is -0.137. The quantitative estimate of drug-likeness (QED) is 0.196. The first kappa shape index (κ1) is 25.1. The van der Waals surface area contributed by atoms with Gasteiger partial charge in [0, 0.05) is 0 Å². The van der Waals surface area contributed by atoms with Crippen molar-refractivity contribution in [3.8, 4) is 33.4 Å². The Balaban J connectivity index is 1.58. The summed E-state index contributed by atoms with van der Waals surface area (Å²) in [4.78, 5) is 0. The van der Waals surface area contributed by atoms with Crippen molar-refractivity contribution in [1.82, 2.24) is 0 Å². The first-order valence-corrected chi connectivity index (χ1v) is 13.6. The zero-order valence-electron chi connectivity index (χ0n) is 22.3. The third kappa shape index (κ3) is 4.44. The molecule has 3 heteroatoms. The van der Waals surface area contributed by atoms with Crippen molar-refractivity contribution in [2.24, 2.45) is 0 Å². The van der Waals surface area contributed by atoms with Crippen LogP contribution in [0.15, 0.2) is 133 Å². The van der Waals surface area contributed by atoms with Crippen LogP contribution in [0.25, 0.3) is 65.7 Å². The summed E-state index contributed by atoms with van der Waals surface area (Å²) in [6.45, 7) is 2.06. The Morgan fingerprint density at radius 3 is 1.63 bits per heavy atom. The molecule has 0 aliphatic heterocycles. The summed E-state index contributed by atoms with van der Waals surface area (Å²) in [7, 11) is 0. The molecule has 7 rings (SSSR count). The summed E-state index contributed by atoms with van der Waals surface area (Å²) < 4.78 is 40.3. The maximum absolute atomic E-state index is 13.4. The fraction of sp³-hybridized carbons (Fsp3) is 0.0526. The molecule has 7 aromatic rings. The molecule has 198 valence electrons. The molecule has 0 aliphatic carbocycles. The first-order valence-electron chi connectivity index (χ1n) is 13.6. The third-order valence-corrected chi connectivity index (χ3v) is 7.95. The van der Waals surface area contributed by atoms with Crippen LogP contribution < -0.4 is 0 Å². The third-order valence-electron chi connectivity index (χ3n) is 7.95. The molecule has 0 spiro atoms. The van der Waals surface area contributed by atoms with Gasteiger partial charge >= 0.3 is 6.18 Å². The van der Waals surface area contributed by atoms with Gasteiger partial charge in [-0.3, -0.25) is 0 Å². The number of benzene rings is 7. The zero-order valence-corrected chi connectivity index (χ0v) is 22.3. The monoisotopic (exact) mass is 538 g/mol. The highest BCUT2D eigenvalue weighted by molar-refractivity contribution is 6.22. The van der Waals surface area contributed by atoms with E-state index in [9.17, 15) is 13.2 Å². The van der Waals surface area contributed by atoms with Crippen LogP contribution in [0, 0.1) is 6.92 Å². The van der Waals surface area contributed by atoms with E-state index in [2.05, 4.69) is 91.9 Å². The first-order chi connectivity index (χ1) is 19.9. The van der Waals surface area contributed by atoms with Gasteiger partial charge in [0.2, 0.25) is 0 Å². The van der Waals surface area contributed by atoms with Gasteiger partial charge in [-0.15, -0.1) is 0 Å². The summed E-state index contributed by atoms with van der Waals surface area (Å²) >= 11 is 0. The molecular weight excluding hydrogens is 513 g/mol. The van der Waals surface area contributed by atoms with Gasteiger partial charge in [0.25, 0.3) is 0 Å². The fourth-order valence-corrected chi connectivity index (χ4v) is 5.90. The van der Waals surface area contributed by atoms with Gasteiger partial charge in [0.05, 0.1) is 5.56 Å². The molecule has 0 aliphatic rings. The van der Waals surface area contributed by atoms with E-state index < -0.39 is 11.7 Å². The minimum Gasteiger partial charge on any atom is -0.166 e. The average molecular weight is 539 g/mol. The second-order valence-electron chi connectivity index (χ2n) is 10.6. The van der Waals surface area contributed by atoms with E-state index in [4.69, 9.17) is 0 Å². The van der Waals surface area contributed by atoms with E-state index in [1.165, 1.54) is 23.1 Å². The van der Waals surface area contributed by atoms with Crippen LogP contribution in [0.3, 0.4) is 0 Å². The molecule has 41 heavy (non-hydrogen) atoms. The Bertz CT molecular complexity index is 2070. The second-order valence-corrected chi connectivity index (χ2v) is 10.6.